The molecule has 3 rings (SSSR count). The minimum Gasteiger partial charge on any atom is -0.449 e. The maximum absolute atomic E-state index is 12.4. The molecule has 1 unspecified atom stereocenters. The lowest BCUT2D eigenvalue weighted by Gasteiger charge is -2.14. The number of hydrogen-bond donors (Lipinski definition) is 1. The molecule has 0 saturated carbocycles. The molecule has 0 saturated heterocycles. The highest BCUT2D eigenvalue weighted by Gasteiger charge is 2.22. The van der Waals surface area contributed by atoms with Crippen molar-refractivity contribution in [3.63, 3.8) is 0 Å². The highest BCUT2D eigenvalue weighted by atomic mass is 16.6. The molecular weight excluding hydrogens is 354 g/mol. The number of esters is 1. The van der Waals surface area contributed by atoms with Gasteiger partial charge in [-0.05, 0) is 31.5 Å². The van der Waals surface area contributed by atoms with Crippen LogP contribution in [0.5, 0.6) is 0 Å². The van der Waals surface area contributed by atoms with E-state index in [0.29, 0.717) is 16.7 Å². The topological polar surface area (TPSA) is 125 Å². The Labute approximate surface area is 153 Å². The van der Waals surface area contributed by atoms with Crippen LogP contribution in [0.25, 0.3) is 11.1 Å². The number of fused-ring (bicyclic) bond motifs is 1. The fraction of sp³-hybridized carbons (Fsp3) is 0.167. The quantitative estimate of drug-likeness (QED) is 0.416. The molecule has 0 radical (unpaired) electrons. The normalized spacial score (nSPS) is 11.8. The number of nitrogens with one attached hydrogen (secondary N) is 1. The number of aromatic nitrogens is 1. The smallest absolute Gasteiger partial charge is 0.341 e. The van der Waals surface area contributed by atoms with Gasteiger partial charge in [-0.15, -0.1) is 0 Å². The van der Waals surface area contributed by atoms with Crippen LogP contribution >= 0.6 is 0 Å². The van der Waals surface area contributed by atoms with Crippen LogP contribution in [0.3, 0.4) is 0 Å². The van der Waals surface area contributed by atoms with E-state index in [4.69, 9.17) is 9.15 Å². The number of oxazole rings is 1. The van der Waals surface area contributed by atoms with Crippen LogP contribution in [0, 0.1) is 17.0 Å². The number of rotatable bonds is 5. The molecule has 2 aromatic carbocycles. The fourth-order valence-electron chi connectivity index (χ4n) is 2.42. The predicted octanol–water partition coefficient (Wildman–Crippen LogP) is 3.23. The number of nitrogens with zero attached hydrogens (tertiary/aromatic N) is 2. The molecule has 0 bridgehead atoms. The lowest BCUT2D eigenvalue weighted by atomic mass is 10.1. The van der Waals surface area contributed by atoms with Crippen LogP contribution in [0.2, 0.25) is 0 Å². The number of amides is 1. The van der Waals surface area contributed by atoms with Gasteiger partial charge in [0, 0.05) is 12.1 Å². The summed E-state index contributed by atoms with van der Waals surface area (Å²) in [5.41, 5.74) is 1.69. The first-order valence-corrected chi connectivity index (χ1v) is 7.96. The van der Waals surface area contributed by atoms with Crippen molar-refractivity contribution < 1.29 is 23.7 Å². The number of anilines is 1. The van der Waals surface area contributed by atoms with Gasteiger partial charge >= 0.3 is 5.97 Å². The van der Waals surface area contributed by atoms with Gasteiger partial charge < -0.3 is 14.5 Å². The number of para-hydroxylation sites is 1. The van der Waals surface area contributed by atoms with Gasteiger partial charge in [0.15, 0.2) is 18.1 Å². The summed E-state index contributed by atoms with van der Waals surface area (Å²) in [6, 6.07) is 8.89. The van der Waals surface area contributed by atoms with Gasteiger partial charge in [-0.3, -0.25) is 14.9 Å². The van der Waals surface area contributed by atoms with Crippen molar-refractivity contribution in [3.8, 4) is 0 Å². The zero-order chi connectivity index (χ0) is 19.6. The van der Waals surface area contributed by atoms with Crippen molar-refractivity contribution in [3.05, 3.63) is 64.0 Å². The van der Waals surface area contributed by atoms with Crippen LogP contribution in [0.4, 0.5) is 11.4 Å². The second-order valence-electron chi connectivity index (χ2n) is 5.80. The molecule has 9 heteroatoms. The van der Waals surface area contributed by atoms with E-state index in [9.17, 15) is 19.7 Å². The third kappa shape index (κ3) is 3.76. The number of ether oxygens (including phenoxy) is 1. The van der Waals surface area contributed by atoms with Crippen molar-refractivity contribution in [2.45, 2.75) is 20.0 Å². The monoisotopic (exact) mass is 369 g/mol. The standard InChI is InChI=1S/C18H15N3O6/c1-10-6-7-12(21(24)25)8-14(10)20-17(22)11(2)27-18(23)13-4-3-5-15-16(13)19-9-26-15/h3-9,11H,1-2H3,(H,20,22). The number of aryl methyl sites for hydroxylation is 1. The van der Waals surface area contributed by atoms with Crippen molar-refractivity contribution in [2.24, 2.45) is 0 Å². The van der Waals surface area contributed by atoms with E-state index in [0.717, 1.165) is 0 Å². The number of carbonyl (C=O) groups excluding carboxylic acids is 2. The summed E-state index contributed by atoms with van der Waals surface area (Å²) in [6.07, 6.45) is 0.0844. The van der Waals surface area contributed by atoms with Crippen LogP contribution in [0.15, 0.2) is 47.2 Å². The highest BCUT2D eigenvalue weighted by molar-refractivity contribution is 6.03. The van der Waals surface area contributed by atoms with Gasteiger partial charge in [0.05, 0.1) is 16.2 Å². The van der Waals surface area contributed by atoms with Crippen LogP contribution in [-0.2, 0) is 9.53 Å². The van der Waals surface area contributed by atoms with Crippen molar-refractivity contribution in [2.75, 3.05) is 5.32 Å². The summed E-state index contributed by atoms with van der Waals surface area (Å²) in [5.74, 6) is -1.34. The predicted molar refractivity (Wildman–Crippen MR) is 95.3 cm³/mol. The van der Waals surface area contributed by atoms with Gasteiger partial charge in [0.1, 0.15) is 5.52 Å². The summed E-state index contributed by atoms with van der Waals surface area (Å²) >= 11 is 0. The van der Waals surface area contributed by atoms with E-state index in [-0.39, 0.29) is 16.9 Å². The number of benzene rings is 2. The number of carbonyl (C=O) groups is 2. The third-order valence-electron chi connectivity index (χ3n) is 3.92. The Hall–Kier alpha value is -3.75. The van der Waals surface area contributed by atoms with Gasteiger partial charge in [0.2, 0.25) is 0 Å². The Balaban J connectivity index is 1.73. The average molecular weight is 369 g/mol. The second-order valence-corrected chi connectivity index (χ2v) is 5.80. The SMILES string of the molecule is Cc1ccc([N+](=O)[O-])cc1NC(=O)C(C)OC(=O)c1cccc2ocnc12. The van der Waals surface area contributed by atoms with Crippen LogP contribution < -0.4 is 5.32 Å². The summed E-state index contributed by atoms with van der Waals surface area (Å²) in [4.78, 5) is 39.0. The summed E-state index contributed by atoms with van der Waals surface area (Å²) < 4.78 is 10.3. The number of non-ortho nitro benzene ring substituents is 1. The first-order valence-electron chi connectivity index (χ1n) is 7.96. The van der Waals surface area contributed by atoms with Gasteiger partial charge in [-0.1, -0.05) is 12.1 Å². The second kappa shape index (κ2) is 7.24. The van der Waals surface area contributed by atoms with E-state index < -0.39 is 22.9 Å². The molecule has 1 heterocycles. The molecular formula is C18H15N3O6. The lowest BCUT2D eigenvalue weighted by Crippen LogP contribution is -2.30. The fourth-order valence-corrected chi connectivity index (χ4v) is 2.42. The zero-order valence-corrected chi connectivity index (χ0v) is 14.5. The van der Waals surface area contributed by atoms with E-state index >= 15 is 0 Å². The minimum absolute atomic E-state index is 0.154. The van der Waals surface area contributed by atoms with E-state index in [2.05, 4.69) is 10.3 Å². The Kier molecular flexibility index (Phi) is 4.84. The molecule has 9 nitrogen and oxygen atoms in total. The molecule has 1 amide bonds. The summed E-state index contributed by atoms with van der Waals surface area (Å²) in [6.45, 7) is 3.10. The molecule has 0 aliphatic rings. The zero-order valence-electron chi connectivity index (χ0n) is 14.5. The number of nitro groups is 1. The average Bonchev–Trinajstić information content (AvgIpc) is 3.11. The molecule has 1 N–H and O–H groups in total. The van der Waals surface area contributed by atoms with Crippen molar-refractivity contribution in [1.29, 1.82) is 0 Å². The molecule has 1 atom stereocenters. The van der Waals surface area contributed by atoms with E-state index in [1.807, 2.05) is 0 Å². The molecule has 1 aromatic heterocycles. The molecule has 3 aromatic rings. The van der Waals surface area contributed by atoms with E-state index in [1.165, 1.54) is 37.6 Å². The van der Waals surface area contributed by atoms with Gasteiger partial charge in [0.25, 0.3) is 11.6 Å². The first kappa shape index (κ1) is 18.1. The molecule has 0 spiro atoms. The minimum atomic E-state index is -1.13. The molecule has 0 aliphatic carbocycles. The maximum Gasteiger partial charge on any atom is 0.341 e. The Morgan fingerprint density at radius 1 is 1.30 bits per heavy atom. The largest absolute Gasteiger partial charge is 0.449 e. The first-order chi connectivity index (χ1) is 12.9. The Morgan fingerprint density at radius 2 is 2.07 bits per heavy atom. The van der Waals surface area contributed by atoms with Crippen LogP contribution in [0.1, 0.15) is 22.8 Å². The highest BCUT2D eigenvalue weighted by Crippen LogP contribution is 2.22. The van der Waals surface area contributed by atoms with Crippen molar-refractivity contribution >= 4 is 34.4 Å². The lowest BCUT2D eigenvalue weighted by molar-refractivity contribution is -0.384. The Morgan fingerprint density at radius 3 is 2.81 bits per heavy atom. The third-order valence-corrected chi connectivity index (χ3v) is 3.92. The van der Waals surface area contributed by atoms with Crippen LogP contribution in [-0.4, -0.2) is 27.9 Å². The molecule has 138 valence electrons. The number of nitro benzene ring substituents is 1. The van der Waals surface area contributed by atoms with Gasteiger partial charge in [-0.25, -0.2) is 9.78 Å². The number of hydrogen-bond acceptors (Lipinski definition) is 7. The molecule has 0 fully saturated rings. The van der Waals surface area contributed by atoms with E-state index in [1.54, 1.807) is 19.1 Å². The maximum atomic E-state index is 12.4. The molecule has 27 heavy (non-hydrogen) atoms. The van der Waals surface area contributed by atoms with Crippen molar-refractivity contribution in [1.82, 2.24) is 4.98 Å². The summed E-state index contributed by atoms with van der Waals surface area (Å²) in [5, 5.41) is 13.4. The van der Waals surface area contributed by atoms with Gasteiger partial charge in [-0.2, -0.15) is 0 Å². The molecule has 0 aliphatic heterocycles. The Bertz CT molecular complexity index is 1040. The summed E-state index contributed by atoms with van der Waals surface area (Å²) in [7, 11) is 0.